The number of ether oxygens (including phenoxy) is 1. The fraction of sp³-hybridized carbons (Fsp3) is 0.625. The second-order valence-corrected chi connectivity index (χ2v) is 6.34. The lowest BCUT2D eigenvalue weighted by Crippen LogP contribution is -2.63. The van der Waals surface area contributed by atoms with E-state index >= 15 is 0 Å². The molecule has 2 saturated heterocycles. The van der Waals surface area contributed by atoms with Crippen molar-refractivity contribution >= 4 is 5.91 Å². The molecule has 2 aliphatic heterocycles. The fourth-order valence-corrected chi connectivity index (χ4v) is 3.68. The third-order valence-corrected chi connectivity index (χ3v) is 5.01. The van der Waals surface area contributed by atoms with Crippen molar-refractivity contribution in [3.8, 4) is 5.75 Å². The molecule has 2 bridgehead atoms. The van der Waals surface area contributed by atoms with Crippen molar-refractivity contribution < 1.29 is 18.3 Å². The van der Waals surface area contributed by atoms with Crippen molar-refractivity contribution in [1.82, 2.24) is 9.88 Å². The van der Waals surface area contributed by atoms with Gasteiger partial charge < -0.3 is 15.4 Å². The Hall–Kier alpha value is -1.76. The first-order valence-corrected chi connectivity index (χ1v) is 7.94. The van der Waals surface area contributed by atoms with Crippen LogP contribution in [0.5, 0.6) is 5.75 Å². The second-order valence-electron chi connectivity index (χ2n) is 6.34. The molecule has 5 nitrogen and oxygen atoms in total. The number of pyridine rings is 1. The maximum Gasteiger partial charge on any atom is 0.276 e. The van der Waals surface area contributed by atoms with Gasteiger partial charge in [0.1, 0.15) is 6.61 Å². The van der Waals surface area contributed by atoms with Crippen LogP contribution in [0.15, 0.2) is 18.3 Å². The number of piperidine rings is 2. The van der Waals surface area contributed by atoms with Gasteiger partial charge in [0.05, 0.1) is 5.54 Å². The normalized spacial score (nSPS) is 26.6. The lowest BCUT2D eigenvalue weighted by atomic mass is 9.70. The van der Waals surface area contributed by atoms with Crippen LogP contribution in [-0.4, -0.2) is 47.5 Å². The monoisotopic (exact) mass is 325 g/mol. The third-order valence-electron chi connectivity index (χ3n) is 5.01. The fourth-order valence-electron chi connectivity index (χ4n) is 3.68. The van der Waals surface area contributed by atoms with Crippen molar-refractivity contribution in [2.24, 2.45) is 11.7 Å². The summed E-state index contributed by atoms with van der Waals surface area (Å²) in [6, 6.07) is 3.07. The highest BCUT2D eigenvalue weighted by molar-refractivity contribution is 5.95. The van der Waals surface area contributed by atoms with E-state index in [1.807, 2.05) is 0 Å². The van der Waals surface area contributed by atoms with E-state index in [-0.39, 0.29) is 22.9 Å². The van der Waals surface area contributed by atoms with E-state index in [1.54, 1.807) is 11.0 Å². The minimum absolute atomic E-state index is 0.0912. The van der Waals surface area contributed by atoms with E-state index in [0.717, 1.165) is 25.7 Å². The number of carbonyl (C=O) groups excluding carboxylic acids is 1. The summed E-state index contributed by atoms with van der Waals surface area (Å²) in [7, 11) is 0. The van der Waals surface area contributed by atoms with Gasteiger partial charge in [-0.05, 0) is 43.7 Å². The molecule has 23 heavy (non-hydrogen) atoms. The van der Waals surface area contributed by atoms with Gasteiger partial charge in [-0.15, -0.1) is 0 Å². The van der Waals surface area contributed by atoms with Crippen LogP contribution >= 0.6 is 0 Å². The number of alkyl halides is 2. The Morgan fingerprint density at radius 3 is 2.87 bits per heavy atom. The molecule has 0 aromatic carbocycles. The minimum Gasteiger partial charge on any atom is -0.485 e. The van der Waals surface area contributed by atoms with Crippen LogP contribution in [0.2, 0.25) is 0 Å². The summed E-state index contributed by atoms with van der Waals surface area (Å²) in [4.78, 5) is 18.8. The summed E-state index contributed by atoms with van der Waals surface area (Å²) >= 11 is 0. The quantitative estimate of drug-likeness (QED) is 0.900. The molecule has 0 spiro atoms. The van der Waals surface area contributed by atoms with E-state index in [9.17, 15) is 13.6 Å². The molecule has 0 atom stereocenters. The number of aromatic nitrogens is 1. The largest absolute Gasteiger partial charge is 0.485 e. The Kier molecular flexibility index (Phi) is 4.48. The first kappa shape index (κ1) is 16.1. The molecule has 3 heterocycles. The van der Waals surface area contributed by atoms with Gasteiger partial charge in [0.15, 0.2) is 11.4 Å². The number of halogens is 2. The molecule has 2 N–H and O–H groups in total. The summed E-state index contributed by atoms with van der Waals surface area (Å²) in [5.41, 5.74) is 5.73. The molecule has 0 unspecified atom stereocenters. The van der Waals surface area contributed by atoms with E-state index in [4.69, 9.17) is 10.5 Å². The number of carbonyl (C=O) groups is 1. The van der Waals surface area contributed by atoms with Crippen LogP contribution in [0.4, 0.5) is 8.78 Å². The van der Waals surface area contributed by atoms with E-state index < -0.39 is 13.0 Å². The van der Waals surface area contributed by atoms with Crippen LogP contribution in [0.1, 0.15) is 36.2 Å². The first-order valence-electron chi connectivity index (χ1n) is 7.94. The molecule has 1 saturated carbocycles. The van der Waals surface area contributed by atoms with Crippen LogP contribution in [-0.2, 0) is 0 Å². The lowest BCUT2D eigenvalue weighted by Gasteiger charge is -2.54. The van der Waals surface area contributed by atoms with Crippen molar-refractivity contribution in [2.75, 3.05) is 19.7 Å². The van der Waals surface area contributed by atoms with Gasteiger partial charge in [0.2, 0.25) is 0 Å². The highest BCUT2D eigenvalue weighted by Crippen LogP contribution is 2.43. The molecule has 1 aliphatic carbocycles. The summed E-state index contributed by atoms with van der Waals surface area (Å²) in [6.07, 6.45) is 2.81. The van der Waals surface area contributed by atoms with Crippen LogP contribution in [0.3, 0.4) is 0 Å². The highest BCUT2D eigenvalue weighted by Gasteiger charge is 2.48. The van der Waals surface area contributed by atoms with Gasteiger partial charge in [-0.3, -0.25) is 4.79 Å². The highest BCUT2D eigenvalue weighted by atomic mass is 19.3. The summed E-state index contributed by atoms with van der Waals surface area (Å²) in [6.45, 7) is 0.309. The van der Waals surface area contributed by atoms with Crippen LogP contribution in [0, 0.1) is 5.92 Å². The summed E-state index contributed by atoms with van der Waals surface area (Å²) in [5.74, 6) is 0.317. The average Bonchev–Trinajstić information content (AvgIpc) is 2.60. The maximum absolute atomic E-state index is 13.0. The van der Waals surface area contributed by atoms with Crippen molar-refractivity contribution in [1.29, 1.82) is 0 Å². The molecular weight excluding hydrogens is 304 g/mol. The summed E-state index contributed by atoms with van der Waals surface area (Å²) in [5, 5.41) is 0. The Bertz CT molecular complexity index is 574. The number of rotatable bonds is 5. The molecule has 3 aliphatic rings. The zero-order valence-electron chi connectivity index (χ0n) is 12.9. The van der Waals surface area contributed by atoms with Gasteiger partial charge in [0, 0.05) is 19.3 Å². The minimum atomic E-state index is -2.60. The standard InChI is InChI=1S/C16H21F2N3O2/c17-13(18)9-23-12-2-1-7-20-14(12)15(22)21-8-11-3-5-16(21,10-19)6-4-11/h1-2,7,11,13H,3-6,8-10,19H2. The molecule has 3 fully saturated rings. The predicted molar refractivity (Wildman–Crippen MR) is 80.5 cm³/mol. The van der Waals surface area contributed by atoms with Crippen LogP contribution < -0.4 is 10.5 Å². The molecule has 1 amide bonds. The molecule has 0 radical (unpaired) electrons. The van der Waals surface area contributed by atoms with Crippen molar-refractivity contribution in [2.45, 2.75) is 37.6 Å². The smallest absolute Gasteiger partial charge is 0.276 e. The maximum atomic E-state index is 13.0. The number of nitrogens with two attached hydrogens (primary N) is 1. The Balaban J connectivity index is 1.85. The molecule has 1 aromatic rings. The van der Waals surface area contributed by atoms with Gasteiger partial charge in [-0.2, -0.15) is 0 Å². The molecule has 4 rings (SSSR count). The zero-order chi connectivity index (χ0) is 16.4. The predicted octanol–water partition coefficient (Wildman–Crippen LogP) is 2.07. The topological polar surface area (TPSA) is 68.5 Å². The number of nitrogens with zero attached hydrogens (tertiary/aromatic N) is 2. The second kappa shape index (κ2) is 6.39. The Morgan fingerprint density at radius 2 is 2.22 bits per heavy atom. The van der Waals surface area contributed by atoms with E-state index in [2.05, 4.69) is 4.98 Å². The van der Waals surface area contributed by atoms with Gasteiger partial charge in [0.25, 0.3) is 12.3 Å². The molecule has 126 valence electrons. The lowest BCUT2D eigenvalue weighted by molar-refractivity contribution is -0.0160. The summed E-state index contributed by atoms with van der Waals surface area (Å²) < 4.78 is 29.8. The van der Waals surface area contributed by atoms with Crippen LogP contribution in [0.25, 0.3) is 0 Å². The SMILES string of the molecule is NCC12CCC(CC1)CN2C(=O)c1ncccc1OCC(F)F. The van der Waals surface area contributed by atoms with Crippen molar-refractivity contribution in [3.05, 3.63) is 24.0 Å². The number of hydrogen-bond donors (Lipinski definition) is 1. The average molecular weight is 325 g/mol. The van der Waals surface area contributed by atoms with E-state index in [0.29, 0.717) is 19.0 Å². The Labute approximate surface area is 133 Å². The van der Waals surface area contributed by atoms with Gasteiger partial charge >= 0.3 is 0 Å². The number of hydrogen-bond acceptors (Lipinski definition) is 4. The van der Waals surface area contributed by atoms with Gasteiger partial charge in [-0.25, -0.2) is 13.8 Å². The number of fused-ring (bicyclic) bond motifs is 3. The number of amides is 1. The molecule has 7 heteroatoms. The first-order chi connectivity index (χ1) is 11.1. The van der Waals surface area contributed by atoms with Gasteiger partial charge in [-0.1, -0.05) is 0 Å². The zero-order valence-corrected chi connectivity index (χ0v) is 12.9. The Morgan fingerprint density at radius 1 is 1.48 bits per heavy atom. The third kappa shape index (κ3) is 3.02. The molecular formula is C16H21F2N3O2. The van der Waals surface area contributed by atoms with Crippen molar-refractivity contribution in [3.63, 3.8) is 0 Å². The molecule has 1 aromatic heterocycles. The van der Waals surface area contributed by atoms with E-state index in [1.165, 1.54) is 12.3 Å².